The Balaban J connectivity index is 1.97. The molecular weight excluding hydrogens is 288 g/mol. The first-order valence-corrected chi connectivity index (χ1v) is 7.24. The summed E-state index contributed by atoms with van der Waals surface area (Å²) in [5, 5.41) is 3.94. The van der Waals surface area contributed by atoms with Crippen LogP contribution in [-0.2, 0) is 6.42 Å². The number of nitrogens with two attached hydrogens (primary N) is 1. The van der Waals surface area contributed by atoms with Crippen LogP contribution in [0.3, 0.4) is 0 Å². The first-order valence-electron chi connectivity index (χ1n) is 6.45. The van der Waals surface area contributed by atoms with Crippen molar-refractivity contribution in [2.45, 2.75) is 13.3 Å². The van der Waals surface area contributed by atoms with Gasteiger partial charge in [0.15, 0.2) is 0 Å². The molecule has 2 aromatic rings. The molecule has 0 fully saturated rings. The number of nitrogens with one attached hydrogen (secondary N) is 1. The second-order valence-electron chi connectivity index (χ2n) is 4.66. The van der Waals surface area contributed by atoms with Crippen LogP contribution >= 0.6 is 23.8 Å². The van der Waals surface area contributed by atoms with E-state index >= 15 is 0 Å². The lowest BCUT2D eigenvalue weighted by molar-refractivity contribution is 1.01. The van der Waals surface area contributed by atoms with Gasteiger partial charge in [-0.1, -0.05) is 48.1 Å². The second-order valence-corrected chi connectivity index (χ2v) is 5.51. The molecule has 0 amide bonds. The summed E-state index contributed by atoms with van der Waals surface area (Å²) < 4.78 is 0. The molecule has 0 radical (unpaired) electrons. The summed E-state index contributed by atoms with van der Waals surface area (Å²) in [5.41, 5.74) is 9.94. The van der Waals surface area contributed by atoms with Crippen LogP contribution in [0.15, 0.2) is 42.5 Å². The van der Waals surface area contributed by atoms with E-state index in [1.165, 1.54) is 11.1 Å². The van der Waals surface area contributed by atoms with Gasteiger partial charge in [-0.05, 0) is 42.7 Å². The SMILES string of the molecule is Cc1ccccc1CCNc1ccc(C(N)=S)c(Cl)c1. The third-order valence-electron chi connectivity index (χ3n) is 3.22. The number of anilines is 1. The standard InChI is InChI=1S/C16H17ClN2S/c1-11-4-2-3-5-12(11)8-9-19-13-6-7-14(16(18)20)15(17)10-13/h2-7,10,19H,8-9H2,1H3,(H2,18,20). The molecule has 4 heteroatoms. The molecule has 0 bridgehead atoms. The number of aryl methyl sites for hydroxylation is 1. The number of hydrogen-bond donors (Lipinski definition) is 2. The number of benzene rings is 2. The summed E-state index contributed by atoms with van der Waals surface area (Å²) in [5.74, 6) is 0. The maximum absolute atomic E-state index is 6.14. The Bertz CT molecular complexity index is 626. The van der Waals surface area contributed by atoms with Gasteiger partial charge in [0.1, 0.15) is 4.99 Å². The zero-order valence-corrected chi connectivity index (χ0v) is 12.9. The van der Waals surface area contributed by atoms with Gasteiger partial charge < -0.3 is 11.1 Å². The van der Waals surface area contributed by atoms with Crippen LogP contribution in [0.25, 0.3) is 0 Å². The van der Waals surface area contributed by atoms with Gasteiger partial charge in [0.2, 0.25) is 0 Å². The van der Waals surface area contributed by atoms with E-state index in [1.54, 1.807) is 0 Å². The third kappa shape index (κ3) is 3.71. The molecule has 0 aliphatic heterocycles. The summed E-state index contributed by atoms with van der Waals surface area (Å²) in [6, 6.07) is 14.0. The third-order valence-corrected chi connectivity index (χ3v) is 3.75. The summed E-state index contributed by atoms with van der Waals surface area (Å²) in [4.78, 5) is 0.321. The highest BCUT2D eigenvalue weighted by atomic mass is 35.5. The van der Waals surface area contributed by atoms with Crippen molar-refractivity contribution in [3.05, 3.63) is 64.2 Å². The topological polar surface area (TPSA) is 38.0 Å². The number of halogens is 1. The fourth-order valence-corrected chi connectivity index (χ4v) is 2.57. The largest absolute Gasteiger partial charge is 0.389 e. The van der Waals surface area contributed by atoms with Crippen molar-refractivity contribution in [2.75, 3.05) is 11.9 Å². The first kappa shape index (κ1) is 14.8. The molecule has 2 aromatic carbocycles. The van der Waals surface area contributed by atoms with Crippen LogP contribution in [0.5, 0.6) is 0 Å². The maximum Gasteiger partial charge on any atom is 0.105 e. The Hall–Kier alpha value is -1.58. The number of thiocarbonyl (C=S) groups is 1. The molecule has 0 spiro atoms. The molecule has 104 valence electrons. The lowest BCUT2D eigenvalue weighted by Gasteiger charge is -2.10. The van der Waals surface area contributed by atoms with Crippen LogP contribution in [0, 0.1) is 6.92 Å². The predicted molar refractivity (Wildman–Crippen MR) is 90.7 cm³/mol. The Kier molecular flexibility index (Phi) is 4.99. The van der Waals surface area contributed by atoms with E-state index in [0.717, 1.165) is 18.7 Å². The minimum atomic E-state index is 0.321. The predicted octanol–water partition coefficient (Wildman–Crippen LogP) is 3.94. The summed E-state index contributed by atoms with van der Waals surface area (Å²) in [7, 11) is 0. The fraction of sp³-hybridized carbons (Fsp3) is 0.188. The molecule has 0 heterocycles. The average molecular weight is 305 g/mol. The molecule has 3 N–H and O–H groups in total. The maximum atomic E-state index is 6.14. The van der Waals surface area contributed by atoms with Crippen molar-refractivity contribution in [3.8, 4) is 0 Å². The molecule has 0 saturated heterocycles. The highest BCUT2D eigenvalue weighted by molar-refractivity contribution is 7.80. The van der Waals surface area contributed by atoms with Gasteiger partial charge in [0, 0.05) is 17.8 Å². The first-order chi connectivity index (χ1) is 9.58. The molecule has 0 aliphatic carbocycles. The van der Waals surface area contributed by atoms with E-state index in [2.05, 4.69) is 36.5 Å². The quantitative estimate of drug-likeness (QED) is 0.822. The zero-order valence-electron chi connectivity index (χ0n) is 11.3. The Morgan fingerprint density at radius 1 is 1.25 bits per heavy atom. The van der Waals surface area contributed by atoms with Gasteiger partial charge in [-0.15, -0.1) is 0 Å². The van der Waals surface area contributed by atoms with E-state index in [-0.39, 0.29) is 0 Å². The van der Waals surface area contributed by atoms with Crippen molar-refractivity contribution in [1.82, 2.24) is 0 Å². The minimum absolute atomic E-state index is 0.321. The lowest BCUT2D eigenvalue weighted by Crippen LogP contribution is -2.11. The molecule has 0 aliphatic rings. The van der Waals surface area contributed by atoms with Crippen LogP contribution in [-0.4, -0.2) is 11.5 Å². The van der Waals surface area contributed by atoms with Gasteiger partial charge in [0.05, 0.1) is 5.02 Å². The van der Waals surface area contributed by atoms with Gasteiger partial charge in [-0.3, -0.25) is 0 Å². The second kappa shape index (κ2) is 6.73. The number of rotatable bonds is 5. The Morgan fingerprint density at radius 2 is 2.00 bits per heavy atom. The molecule has 0 saturated carbocycles. The molecule has 20 heavy (non-hydrogen) atoms. The average Bonchev–Trinajstić information content (AvgIpc) is 2.40. The van der Waals surface area contributed by atoms with Gasteiger partial charge in [-0.2, -0.15) is 0 Å². The van der Waals surface area contributed by atoms with E-state index in [4.69, 9.17) is 29.6 Å². The molecule has 0 unspecified atom stereocenters. The van der Waals surface area contributed by atoms with Gasteiger partial charge >= 0.3 is 0 Å². The minimum Gasteiger partial charge on any atom is -0.389 e. The van der Waals surface area contributed by atoms with Crippen LogP contribution in [0.2, 0.25) is 5.02 Å². The van der Waals surface area contributed by atoms with E-state index in [9.17, 15) is 0 Å². The summed E-state index contributed by atoms with van der Waals surface area (Å²) in [6.07, 6.45) is 0.974. The lowest BCUT2D eigenvalue weighted by atomic mass is 10.1. The van der Waals surface area contributed by atoms with Crippen molar-refractivity contribution in [1.29, 1.82) is 0 Å². The van der Waals surface area contributed by atoms with Crippen LogP contribution in [0.1, 0.15) is 16.7 Å². The van der Waals surface area contributed by atoms with Crippen molar-refractivity contribution < 1.29 is 0 Å². The molecular formula is C16H17ClN2S. The van der Waals surface area contributed by atoms with Crippen molar-refractivity contribution in [3.63, 3.8) is 0 Å². The fourth-order valence-electron chi connectivity index (χ4n) is 2.06. The Morgan fingerprint density at radius 3 is 2.65 bits per heavy atom. The van der Waals surface area contributed by atoms with E-state index < -0.39 is 0 Å². The molecule has 0 aromatic heterocycles. The van der Waals surface area contributed by atoms with Gasteiger partial charge in [0.25, 0.3) is 0 Å². The Labute approximate surface area is 130 Å². The molecule has 2 nitrogen and oxygen atoms in total. The normalized spacial score (nSPS) is 10.3. The zero-order chi connectivity index (χ0) is 14.5. The summed E-state index contributed by atoms with van der Waals surface area (Å²) in [6.45, 7) is 2.98. The van der Waals surface area contributed by atoms with Gasteiger partial charge in [-0.25, -0.2) is 0 Å². The molecule has 0 atom stereocenters. The number of hydrogen-bond acceptors (Lipinski definition) is 2. The van der Waals surface area contributed by atoms with Crippen LogP contribution in [0.4, 0.5) is 5.69 Å². The van der Waals surface area contributed by atoms with Crippen LogP contribution < -0.4 is 11.1 Å². The highest BCUT2D eigenvalue weighted by Crippen LogP contribution is 2.21. The van der Waals surface area contributed by atoms with Crippen molar-refractivity contribution >= 4 is 34.5 Å². The molecule has 2 rings (SSSR count). The monoisotopic (exact) mass is 304 g/mol. The summed E-state index contributed by atoms with van der Waals surface area (Å²) >= 11 is 11.1. The van der Waals surface area contributed by atoms with E-state index in [0.29, 0.717) is 15.6 Å². The van der Waals surface area contributed by atoms with Crippen molar-refractivity contribution in [2.24, 2.45) is 5.73 Å². The highest BCUT2D eigenvalue weighted by Gasteiger charge is 2.04. The smallest absolute Gasteiger partial charge is 0.105 e. The van der Waals surface area contributed by atoms with E-state index in [1.807, 2.05) is 18.2 Å².